The molecule has 0 spiro atoms. The molecule has 0 amide bonds. The van der Waals surface area contributed by atoms with Crippen LogP contribution in [0.3, 0.4) is 0 Å². The van der Waals surface area contributed by atoms with E-state index < -0.39 is 0 Å². The van der Waals surface area contributed by atoms with Gasteiger partial charge in [0.2, 0.25) is 0 Å². The first-order valence-electron chi connectivity index (χ1n) is 6.85. The summed E-state index contributed by atoms with van der Waals surface area (Å²) in [7, 11) is 1.70. The zero-order valence-corrected chi connectivity index (χ0v) is 15.0. The van der Waals surface area contributed by atoms with Crippen molar-refractivity contribution in [1.29, 1.82) is 0 Å². The van der Waals surface area contributed by atoms with Crippen molar-refractivity contribution in [2.45, 2.75) is 26.8 Å². The molecule has 2 rings (SSSR count). The third-order valence-corrected chi connectivity index (χ3v) is 5.17. The van der Waals surface area contributed by atoms with Crippen molar-refractivity contribution >= 4 is 22.6 Å². The molecule has 0 heterocycles. The fourth-order valence-electron chi connectivity index (χ4n) is 2.70. The molecule has 3 nitrogen and oxygen atoms in total. The number of methoxy groups -OCH3 is 1. The highest BCUT2D eigenvalue weighted by Crippen LogP contribution is 2.35. The molecule has 0 bridgehead atoms. The van der Waals surface area contributed by atoms with Crippen LogP contribution in [-0.4, -0.2) is 7.11 Å². The highest BCUT2D eigenvalue weighted by Gasteiger charge is 2.22. The lowest BCUT2D eigenvalue weighted by Crippen LogP contribution is -2.30. The predicted molar refractivity (Wildman–Crippen MR) is 95.5 cm³/mol. The summed E-state index contributed by atoms with van der Waals surface area (Å²) in [5, 5.41) is 0. The van der Waals surface area contributed by atoms with Gasteiger partial charge in [0.05, 0.1) is 13.2 Å². The van der Waals surface area contributed by atoms with Crippen molar-refractivity contribution in [1.82, 2.24) is 5.43 Å². The molecule has 0 aromatic heterocycles. The maximum absolute atomic E-state index is 5.88. The Labute approximate surface area is 140 Å². The summed E-state index contributed by atoms with van der Waals surface area (Å²) in [6.45, 7) is 6.27. The van der Waals surface area contributed by atoms with E-state index in [1.807, 2.05) is 0 Å². The van der Waals surface area contributed by atoms with Crippen LogP contribution in [0.2, 0.25) is 0 Å². The summed E-state index contributed by atoms with van der Waals surface area (Å²) in [5.41, 5.74) is 8.82. The highest BCUT2D eigenvalue weighted by molar-refractivity contribution is 14.1. The van der Waals surface area contributed by atoms with Gasteiger partial charge in [0, 0.05) is 9.13 Å². The average Bonchev–Trinajstić information content (AvgIpc) is 2.45. The molecule has 0 aliphatic rings. The lowest BCUT2D eigenvalue weighted by Gasteiger charge is -2.24. The molecule has 2 aromatic rings. The second-order valence-corrected chi connectivity index (χ2v) is 6.35. The van der Waals surface area contributed by atoms with Crippen LogP contribution in [0.15, 0.2) is 30.3 Å². The van der Waals surface area contributed by atoms with E-state index in [0.29, 0.717) is 0 Å². The van der Waals surface area contributed by atoms with Gasteiger partial charge in [-0.05, 0) is 71.7 Å². The first-order valence-corrected chi connectivity index (χ1v) is 7.93. The van der Waals surface area contributed by atoms with Gasteiger partial charge in [0.25, 0.3) is 0 Å². The number of benzene rings is 2. The predicted octanol–water partition coefficient (Wildman–Crippen LogP) is 3.78. The van der Waals surface area contributed by atoms with E-state index >= 15 is 0 Å². The number of hydrazine groups is 1. The Morgan fingerprint density at radius 3 is 2.48 bits per heavy atom. The normalized spacial score (nSPS) is 12.3. The van der Waals surface area contributed by atoms with Crippen LogP contribution in [-0.2, 0) is 0 Å². The van der Waals surface area contributed by atoms with Gasteiger partial charge in [-0.15, -0.1) is 0 Å². The van der Waals surface area contributed by atoms with Crippen molar-refractivity contribution in [3.05, 3.63) is 61.7 Å². The Morgan fingerprint density at radius 2 is 1.86 bits per heavy atom. The summed E-state index contributed by atoms with van der Waals surface area (Å²) in [6, 6.07) is 10.4. The summed E-state index contributed by atoms with van der Waals surface area (Å²) >= 11 is 2.38. The summed E-state index contributed by atoms with van der Waals surface area (Å²) < 4.78 is 6.81. The number of halogens is 1. The van der Waals surface area contributed by atoms with E-state index in [4.69, 9.17) is 10.6 Å². The minimum atomic E-state index is -0.0904. The van der Waals surface area contributed by atoms with Gasteiger partial charge in [-0.3, -0.25) is 5.84 Å². The third-order valence-electron chi connectivity index (χ3n) is 3.70. The quantitative estimate of drug-likeness (QED) is 0.470. The van der Waals surface area contributed by atoms with Gasteiger partial charge >= 0.3 is 0 Å². The number of hydrogen-bond donors (Lipinski definition) is 2. The molecular formula is C17H21IN2O. The van der Waals surface area contributed by atoms with E-state index in [1.165, 1.54) is 25.8 Å². The molecule has 1 atom stereocenters. The molecule has 2 aromatic carbocycles. The van der Waals surface area contributed by atoms with Crippen LogP contribution < -0.4 is 16.0 Å². The third kappa shape index (κ3) is 3.22. The van der Waals surface area contributed by atoms with Crippen LogP contribution in [0.25, 0.3) is 0 Å². The van der Waals surface area contributed by atoms with Crippen LogP contribution in [0.5, 0.6) is 5.75 Å². The first kappa shape index (κ1) is 16.3. The van der Waals surface area contributed by atoms with Crippen LogP contribution in [0.1, 0.15) is 33.9 Å². The molecule has 21 heavy (non-hydrogen) atoms. The molecule has 0 fully saturated rings. The van der Waals surface area contributed by atoms with E-state index in [0.717, 1.165) is 11.3 Å². The zero-order chi connectivity index (χ0) is 15.6. The largest absolute Gasteiger partial charge is 0.496 e. The molecule has 0 saturated carbocycles. The van der Waals surface area contributed by atoms with Crippen LogP contribution in [0, 0.1) is 24.3 Å². The van der Waals surface area contributed by atoms with Crippen molar-refractivity contribution in [2.75, 3.05) is 7.11 Å². The Morgan fingerprint density at radius 1 is 1.14 bits per heavy atom. The van der Waals surface area contributed by atoms with Gasteiger partial charge in [-0.1, -0.05) is 24.3 Å². The minimum Gasteiger partial charge on any atom is -0.496 e. The topological polar surface area (TPSA) is 47.3 Å². The van der Waals surface area contributed by atoms with Crippen LogP contribution >= 0.6 is 22.6 Å². The van der Waals surface area contributed by atoms with Gasteiger partial charge in [0.15, 0.2) is 0 Å². The lowest BCUT2D eigenvalue weighted by atomic mass is 9.92. The van der Waals surface area contributed by atoms with E-state index in [2.05, 4.69) is 79.1 Å². The minimum absolute atomic E-state index is 0.0904. The van der Waals surface area contributed by atoms with Crippen LogP contribution in [0.4, 0.5) is 0 Å². The average molecular weight is 396 g/mol. The van der Waals surface area contributed by atoms with E-state index in [9.17, 15) is 0 Å². The summed E-state index contributed by atoms with van der Waals surface area (Å²) in [6.07, 6.45) is 0. The Balaban J connectivity index is 2.64. The first-order chi connectivity index (χ1) is 9.99. The molecule has 0 aliphatic carbocycles. The van der Waals surface area contributed by atoms with Crippen molar-refractivity contribution in [3.63, 3.8) is 0 Å². The Bertz CT molecular complexity index is 655. The van der Waals surface area contributed by atoms with E-state index in [1.54, 1.807) is 7.11 Å². The number of aryl methyl sites for hydroxylation is 3. The molecule has 112 valence electrons. The van der Waals surface area contributed by atoms with Gasteiger partial charge in [0.1, 0.15) is 5.75 Å². The number of rotatable bonds is 4. The number of nitrogens with two attached hydrogens (primary N) is 1. The summed E-state index contributed by atoms with van der Waals surface area (Å²) in [5.74, 6) is 6.75. The SMILES string of the molecule is COc1cc(C)cc(C)c1C(NN)c1cccc(C)c1I. The monoisotopic (exact) mass is 396 g/mol. The second-order valence-electron chi connectivity index (χ2n) is 5.28. The highest BCUT2D eigenvalue weighted by atomic mass is 127. The number of nitrogens with one attached hydrogen (secondary N) is 1. The Kier molecular flexibility index (Phi) is 5.24. The molecule has 3 N–H and O–H groups in total. The summed E-state index contributed by atoms with van der Waals surface area (Å²) in [4.78, 5) is 0. The lowest BCUT2D eigenvalue weighted by molar-refractivity contribution is 0.403. The standard InChI is InChI=1S/C17H21IN2O/c1-10-8-12(3)15(14(9-10)21-4)17(20-19)13-7-5-6-11(2)16(13)18/h5-9,17,20H,19H2,1-4H3. The number of hydrogen-bond acceptors (Lipinski definition) is 3. The molecule has 1 unspecified atom stereocenters. The van der Waals surface area contributed by atoms with Crippen molar-refractivity contribution in [2.24, 2.45) is 5.84 Å². The van der Waals surface area contributed by atoms with Gasteiger partial charge < -0.3 is 4.74 Å². The second kappa shape index (κ2) is 6.77. The number of ether oxygens (including phenoxy) is 1. The molecular weight excluding hydrogens is 375 g/mol. The maximum Gasteiger partial charge on any atom is 0.124 e. The Hall–Kier alpha value is -1.11. The van der Waals surface area contributed by atoms with Gasteiger partial charge in [-0.2, -0.15) is 0 Å². The van der Waals surface area contributed by atoms with E-state index in [-0.39, 0.29) is 6.04 Å². The maximum atomic E-state index is 5.88. The molecule has 0 saturated heterocycles. The van der Waals surface area contributed by atoms with Crippen molar-refractivity contribution in [3.8, 4) is 5.75 Å². The molecule has 0 aliphatic heterocycles. The fraction of sp³-hybridized carbons (Fsp3) is 0.294. The molecule has 0 radical (unpaired) electrons. The zero-order valence-electron chi connectivity index (χ0n) is 12.8. The van der Waals surface area contributed by atoms with Crippen molar-refractivity contribution < 1.29 is 4.74 Å². The molecule has 4 heteroatoms. The van der Waals surface area contributed by atoms with Gasteiger partial charge in [-0.25, -0.2) is 5.43 Å². The smallest absolute Gasteiger partial charge is 0.124 e. The fourth-order valence-corrected chi connectivity index (χ4v) is 3.37.